The van der Waals surface area contributed by atoms with Crippen LogP contribution in [0, 0.1) is 6.92 Å². The van der Waals surface area contributed by atoms with Gasteiger partial charge in [0.15, 0.2) is 0 Å². The van der Waals surface area contributed by atoms with Crippen LogP contribution in [0.4, 0.5) is 11.4 Å². The molecule has 3 heteroatoms. The molecule has 0 fully saturated rings. The summed E-state index contributed by atoms with van der Waals surface area (Å²) in [5.41, 5.74) is 4.92. The zero-order valence-electron chi connectivity index (χ0n) is 13.3. The van der Waals surface area contributed by atoms with Crippen molar-refractivity contribution in [1.82, 2.24) is 5.32 Å². The molecule has 2 aromatic rings. The number of nitrogens with one attached hydrogen (secondary N) is 1. The molecule has 0 radical (unpaired) electrons. The minimum absolute atomic E-state index is 0.876. The van der Waals surface area contributed by atoms with Gasteiger partial charge in [0.25, 0.3) is 0 Å². The molecule has 0 spiro atoms. The topological polar surface area (TPSA) is 24.5 Å². The van der Waals surface area contributed by atoms with Gasteiger partial charge in [-0.25, -0.2) is 0 Å². The van der Waals surface area contributed by atoms with Gasteiger partial charge >= 0.3 is 0 Å². The van der Waals surface area contributed by atoms with Crippen LogP contribution in [0.1, 0.15) is 18.1 Å². The van der Waals surface area contributed by atoms with E-state index in [9.17, 15) is 0 Å². The quantitative estimate of drug-likeness (QED) is 0.871. The Morgan fingerprint density at radius 1 is 1.14 bits per heavy atom. The predicted molar refractivity (Wildman–Crippen MR) is 89.6 cm³/mol. The average Bonchev–Trinajstić information content (AvgIpc) is 2.52. The number of rotatable bonds is 6. The van der Waals surface area contributed by atoms with Crippen molar-refractivity contribution < 1.29 is 4.74 Å². The maximum absolute atomic E-state index is 5.30. The maximum atomic E-state index is 5.30. The van der Waals surface area contributed by atoms with Crippen molar-refractivity contribution in [3.05, 3.63) is 53.6 Å². The molecule has 2 rings (SSSR count). The van der Waals surface area contributed by atoms with Crippen molar-refractivity contribution in [2.75, 3.05) is 25.6 Å². The lowest BCUT2D eigenvalue weighted by Crippen LogP contribution is -2.13. The Bertz CT molecular complexity index is 596. The molecule has 0 aliphatic carbocycles. The fourth-order valence-corrected chi connectivity index (χ4v) is 2.43. The Morgan fingerprint density at radius 2 is 1.95 bits per heavy atom. The second-order valence-corrected chi connectivity index (χ2v) is 5.16. The van der Waals surface area contributed by atoms with Gasteiger partial charge in [-0.3, -0.25) is 0 Å². The number of hydrogen-bond donors (Lipinski definition) is 1. The molecule has 0 aliphatic rings. The van der Waals surface area contributed by atoms with E-state index in [1.54, 1.807) is 7.11 Å². The summed E-state index contributed by atoms with van der Waals surface area (Å²) in [5, 5.41) is 3.36. The molecule has 0 unspecified atom stereocenters. The van der Waals surface area contributed by atoms with Crippen molar-refractivity contribution in [2.24, 2.45) is 0 Å². The van der Waals surface area contributed by atoms with Gasteiger partial charge in [0.1, 0.15) is 5.75 Å². The largest absolute Gasteiger partial charge is 0.497 e. The lowest BCUT2D eigenvalue weighted by molar-refractivity contribution is 0.415. The van der Waals surface area contributed by atoms with Gasteiger partial charge in [0.05, 0.1) is 7.11 Å². The number of aryl methyl sites for hydroxylation is 1. The summed E-state index contributed by atoms with van der Waals surface area (Å²) >= 11 is 0. The molecule has 21 heavy (non-hydrogen) atoms. The predicted octanol–water partition coefficient (Wildman–Crippen LogP) is 3.88. The van der Waals surface area contributed by atoms with Gasteiger partial charge in [-0.1, -0.05) is 25.1 Å². The van der Waals surface area contributed by atoms with Gasteiger partial charge in [-0.15, -0.1) is 0 Å². The summed E-state index contributed by atoms with van der Waals surface area (Å²) in [7, 11) is 3.78. The molecule has 0 aliphatic heterocycles. The second kappa shape index (κ2) is 7.14. The highest BCUT2D eigenvalue weighted by atomic mass is 16.5. The van der Waals surface area contributed by atoms with Crippen LogP contribution in [0.3, 0.4) is 0 Å². The van der Waals surface area contributed by atoms with Crippen molar-refractivity contribution in [3.63, 3.8) is 0 Å². The number of hydrogen-bond acceptors (Lipinski definition) is 3. The number of nitrogens with zero attached hydrogens (tertiary/aromatic N) is 1. The van der Waals surface area contributed by atoms with Gasteiger partial charge in [0.2, 0.25) is 0 Å². The Labute approximate surface area is 127 Å². The van der Waals surface area contributed by atoms with Crippen LogP contribution in [0.2, 0.25) is 0 Å². The smallest absolute Gasteiger partial charge is 0.120 e. The van der Waals surface area contributed by atoms with Crippen molar-refractivity contribution >= 4 is 11.4 Å². The summed E-state index contributed by atoms with van der Waals surface area (Å²) < 4.78 is 5.30. The van der Waals surface area contributed by atoms with Crippen LogP contribution in [0.15, 0.2) is 42.5 Å². The number of anilines is 2. The normalized spacial score (nSPS) is 10.5. The van der Waals surface area contributed by atoms with Crippen LogP contribution in [0.25, 0.3) is 0 Å². The van der Waals surface area contributed by atoms with Gasteiger partial charge in [0, 0.05) is 31.0 Å². The monoisotopic (exact) mass is 284 g/mol. The minimum Gasteiger partial charge on any atom is -0.497 e. The Balaban J connectivity index is 2.24. The first-order chi connectivity index (χ1) is 10.2. The van der Waals surface area contributed by atoms with E-state index in [1.807, 2.05) is 18.2 Å². The number of benzene rings is 2. The van der Waals surface area contributed by atoms with Crippen LogP contribution < -0.4 is 15.0 Å². The molecule has 3 nitrogen and oxygen atoms in total. The fourth-order valence-electron chi connectivity index (χ4n) is 2.43. The summed E-state index contributed by atoms with van der Waals surface area (Å²) in [6, 6.07) is 14.7. The van der Waals surface area contributed by atoms with Crippen molar-refractivity contribution in [2.45, 2.75) is 20.4 Å². The lowest BCUT2D eigenvalue weighted by atomic mass is 10.1. The van der Waals surface area contributed by atoms with E-state index in [4.69, 9.17) is 4.74 Å². The molecule has 0 saturated heterocycles. The summed E-state index contributed by atoms with van der Waals surface area (Å²) in [4.78, 5) is 2.19. The molecule has 0 atom stereocenters. The van der Waals surface area contributed by atoms with E-state index in [0.717, 1.165) is 24.5 Å². The number of ether oxygens (including phenoxy) is 1. The molecular weight excluding hydrogens is 260 g/mol. The molecule has 112 valence electrons. The van der Waals surface area contributed by atoms with Crippen LogP contribution in [-0.2, 0) is 6.54 Å². The lowest BCUT2D eigenvalue weighted by Gasteiger charge is -2.22. The third-order valence-electron chi connectivity index (χ3n) is 3.64. The van der Waals surface area contributed by atoms with E-state index in [1.165, 1.54) is 16.8 Å². The van der Waals surface area contributed by atoms with Crippen LogP contribution in [0.5, 0.6) is 5.75 Å². The highest BCUT2D eigenvalue weighted by Gasteiger charge is 2.08. The second-order valence-electron chi connectivity index (χ2n) is 5.16. The molecule has 0 saturated carbocycles. The highest BCUT2D eigenvalue weighted by molar-refractivity contribution is 5.67. The van der Waals surface area contributed by atoms with Gasteiger partial charge in [-0.2, -0.15) is 0 Å². The zero-order chi connectivity index (χ0) is 15.2. The zero-order valence-corrected chi connectivity index (χ0v) is 13.3. The Kier molecular flexibility index (Phi) is 5.23. The fraction of sp³-hybridized carbons (Fsp3) is 0.333. The molecule has 0 amide bonds. The maximum Gasteiger partial charge on any atom is 0.120 e. The third kappa shape index (κ3) is 3.76. The molecule has 0 heterocycles. The van der Waals surface area contributed by atoms with Gasteiger partial charge in [-0.05, 0) is 42.8 Å². The minimum atomic E-state index is 0.876. The summed E-state index contributed by atoms with van der Waals surface area (Å²) in [6.45, 7) is 6.18. The first kappa shape index (κ1) is 15.4. The van der Waals surface area contributed by atoms with E-state index >= 15 is 0 Å². The van der Waals surface area contributed by atoms with Crippen LogP contribution in [-0.4, -0.2) is 20.7 Å². The third-order valence-corrected chi connectivity index (χ3v) is 3.64. The van der Waals surface area contributed by atoms with E-state index in [-0.39, 0.29) is 0 Å². The first-order valence-electron chi connectivity index (χ1n) is 7.33. The molecule has 0 aromatic heterocycles. The standard InChI is InChI=1S/C18H24N2O/c1-5-19-13-15-9-10-18(14(2)11-15)20(3)16-7-6-8-17(12-16)21-4/h6-12,19H,5,13H2,1-4H3. The van der Waals surface area contributed by atoms with E-state index < -0.39 is 0 Å². The van der Waals surface area contributed by atoms with E-state index in [0.29, 0.717) is 0 Å². The van der Waals surface area contributed by atoms with E-state index in [2.05, 4.69) is 55.4 Å². The van der Waals surface area contributed by atoms with Crippen molar-refractivity contribution in [1.29, 1.82) is 0 Å². The molecule has 1 N–H and O–H groups in total. The first-order valence-corrected chi connectivity index (χ1v) is 7.33. The van der Waals surface area contributed by atoms with Crippen LogP contribution >= 0.6 is 0 Å². The molecule has 2 aromatic carbocycles. The van der Waals surface area contributed by atoms with Gasteiger partial charge < -0.3 is 15.0 Å². The Hall–Kier alpha value is -2.00. The summed E-state index contributed by atoms with van der Waals surface area (Å²) in [5.74, 6) is 0.876. The Morgan fingerprint density at radius 3 is 2.62 bits per heavy atom. The SMILES string of the molecule is CCNCc1ccc(N(C)c2cccc(OC)c2)c(C)c1. The molecule has 0 bridgehead atoms. The summed E-state index contributed by atoms with van der Waals surface area (Å²) in [6.07, 6.45) is 0. The number of methoxy groups -OCH3 is 1. The molecular formula is C18H24N2O. The van der Waals surface area contributed by atoms with Crippen molar-refractivity contribution in [3.8, 4) is 5.75 Å². The average molecular weight is 284 g/mol. The highest BCUT2D eigenvalue weighted by Crippen LogP contribution is 2.29.